The molecule has 0 bridgehead atoms. The van der Waals surface area contributed by atoms with Crippen LogP contribution in [0.4, 0.5) is 0 Å². The topological polar surface area (TPSA) is 87.8 Å². The molecule has 0 heterocycles. The summed E-state index contributed by atoms with van der Waals surface area (Å²) in [5, 5.41) is 5.09. The van der Waals surface area contributed by atoms with E-state index in [1.54, 1.807) is 26.2 Å². The minimum atomic E-state index is -3.68. The molecule has 2 N–H and O–H groups in total. The molecule has 0 amide bonds. The fourth-order valence-corrected chi connectivity index (χ4v) is 2.42. The molecule has 0 aromatic heterocycles. The molecule has 1 aromatic rings. The third-order valence-corrected chi connectivity index (χ3v) is 3.66. The van der Waals surface area contributed by atoms with E-state index in [9.17, 15) is 8.42 Å². The van der Waals surface area contributed by atoms with Crippen molar-refractivity contribution in [3.63, 3.8) is 0 Å². The third-order valence-electron chi connectivity index (χ3n) is 2.59. The van der Waals surface area contributed by atoms with Gasteiger partial charge in [0.05, 0.1) is 11.5 Å². The molecule has 0 aliphatic rings. The molecule has 0 fully saturated rings. The van der Waals surface area contributed by atoms with E-state index in [-0.39, 0.29) is 4.90 Å². The van der Waals surface area contributed by atoms with E-state index >= 15 is 0 Å². The number of hydrogen-bond acceptors (Lipinski definition) is 5. The highest BCUT2D eigenvalue weighted by Crippen LogP contribution is 2.20. The van der Waals surface area contributed by atoms with Gasteiger partial charge in [-0.1, -0.05) is 0 Å². The number of hydrogen-bond donors (Lipinski definition) is 1. The summed E-state index contributed by atoms with van der Waals surface area (Å²) in [5.41, 5.74) is 0.561. The van der Waals surface area contributed by atoms with Crippen LogP contribution in [-0.2, 0) is 19.5 Å². The van der Waals surface area contributed by atoms with Crippen molar-refractivity contribution in [1.29, 1.82) is 0 Å². The molecule has 0 atom stereocenters. The van der Waals surface area contributed by atoms with Crippen molar-refractivity contribution in [1.82, 2.24) is 0 Å². The Bertz CT molecular complexity index is 515. The fourth-order valence-electron chi connectivity index (χ4n) is 1.66. The number of ether oxygens (including phenoxy) is 3. The van der Waals surface area contributed by atoms with Gasteiger partial charge in [-0.3, -0.25) is 0 Å². The Balaban J connectivity index is 2.37. The third kappa shape index (κ3) is 5.87. The summed E-state index contributed by atoms with van der Waals surface area (Å²) in [6.45, 7) is 3.85. The zero-order chi connectivity index (χ0) is 15.0. The molecular weight excluding hydrogens is 282 g/mol. The van der Waals surface area contributed by atoms with Crippen LogP contribution in [0, 0.1) is 6.92 Å². The Kier molecular flexibility index (Phi) is 6.94. The maximum absolute atomic E-state index is 11.3. The Morgan fingerprint density at radius 3 is 2.50 bits per heavy atom. The monoisotopic (exact) mass is 303 g/mol. The first kappa shape index (κ1) is 16.9. The standard InChI is InChI=1S/C13H21NO5S/c1-11-10-12(4-5-13(11)20(14,15)16)19-9-8-18-7-3-6-17-2/h4-5,10H,3,6-9H2,1-2H3,(H2,14,15,16). The van der Waals surface area contributed by atoms with Gasteiger partial charge in [0.1, 0.15) is 12.4 Å². The lowest BCUT2D eigenvalue weighted by atomic mass is 10.2. The lowest BCUT2D eigenvalue weighted by molar-refractivity contribution is 0.0806. The van der Waals surface area contributed by atoms with Crippen molar-refractivity contribution >= 4 is 10.0 Å². The lowest BCUT2D eigenvalue weighted by Crippen LogP contribution is -2.14. The Hall–Kier alpha value is -1.15. The minimum Gasteiger partial charge on any atom is -0.491 e. The van der Waals surface area contributed by atoms with E-state index in [0.717, 1.165) is 6.42 Å². The van der Waals surface area contributed by atoms with E-state index < -0.39 is 10.0 Å². The van der Waals surface area contributed by atoms with Crippen LogP contribution >= 0.6 is 0 Å². The Morgan fingerprint density at radius 1 is 1.15 bits per heavy atom. The quantitative estimate of drug-likeness (QED) is 0.690. The highest BCUT2D eigenvalue weighted by Gasteiger charge is 2.11. The molecule has 0 unspecified atom stereocenters. The number of rotatable bonds is 9. The SMILES string of the molecule is COCCCOCCOc1ccc(S(N)(=O)=O)c(C)c1. The zero-order valence-electron chi connectivity index (χ0n) is 11.8. The normalized spacial score (nSPS) is 11.6. The largest absolute Gasteiger partial charge is 0.491 e. The van der Waals surface area contributed by atoms with Crippen LogP contribution in [0.2, 0.25) is 0 Å². The van der Waals surface area contributed by atoms with E-state index in [1.807, 2.05) is 0 Å². The van der Waals surface area contributed by atoms with E-state index in [1.165, 1.54) is 6.07 Å². The van der Waals surface area contributed by atoms with Gasteiger partial charge in [-0.05, 0) is 37.1 Å². The van der Waals surface area contributed by atoms with Crippen LogP contribution in [0.3, 0.4) is 0 Å². The van der Waals surface area contributed by atoms with Crippen molar-refractivity contribution in [3.8, 4) is 5.75 Å². The van der Waals surface area contributed by atoms with Crippen molar-refractivity contribution in [2.75, 3.05) is 33.5 Å². The van der Waals surface area contributed by atoms with Gasteiger partial charge in [-0.15, -0.1) is 0 Å². The van der Waals surface area contributed by atoms with Gasteiger partial charge in [0.2, 0.25) is 10.0 Å². The van der Waals surface area contributed by atoms with Crippen molar-refractivity contribution in [2.24, 2.45) is 5.14 Å². The van der Waals surface area contributed by atoms with Gasteiger partial charge in [-0.2, -0.15) is 0 Å². The van der Waals surface area contributed by atoms with Crippen LogP contribution in [0.1, 0.15) is 12.0 Å². The van der Waals surface area contributed by atoms with Crippen molar-refractivity contribution in [2.45, 2.75) is 18.2 Å². The first-order valence-corrected chi connectivity index (χ1v) is 7.82. The van der Waals surface area contributed by atoms with E-state index in [2.05, 4.69) is 0 Å². The molecule has 6 nitrogen and oxygen atoms in total. The molecule has 0 saturated carbocycles. The summed E-state index contributed by atoms with van der Waals surface area (Å²) in [5.74, 6) is 0.593. The van der Waals surface area contributed by atoms with Gasteiger partial charge in [0.25, 0.3) is 0 Å². The molecule has 0 spiro atoms. The lowest BCUT2D eigenvalue weighted by Gasteiger charge is -2.09. The minimum absolute atomic E-state index is 0.112. The molecular formula is C13H21NO5S. The van der Waals surface area contributed by atoms with E-state index in [0.29, 0.717) is 37.7 Å². The Labute approximate surface area is 119 Å². The molecule has 1 rings (SSSR count). The van der Waals surface area contributed by atoms with Crippen LogP contribution in [0.25, 0.3) is 0 Å². The fraction of sp³-hybridized carbons (Fsp3) is 0.538. The molecule has 0 radical (unpaired) electrons. The number of aryl methyl sites for hydroxylation is 1. The first-order valence-electron chi connectivity index (χ1n) is 6.28. The second-order valence-corrected chi connectivity index (χ2v) is 5.81. The van der Waals surface area contributed by atoms with Gasteiger partial charge in [-0.25, -0.2) is 13.6 Å². The summed E-state index contributed by atoms with van der Waals surface area (Å²) in [7, 11) is -2.03. The number of sulfonamides is 1. The average molecular weight is 303 g/mol. The number of nitrogens with two attached hydrogens (primary N) is 1. The average Bonchev–Trinajstić information content (AvgIpc) is 2.36. The van der Waals surface area contributed by atoms with Crippen LogP contribution < -0.4 is 9.88 Å². The molecule has 0 saturated heterocycles. The van der Waals surface area contributed by atoms with Gasteiger partial charge < -0.3 is 14.2 Å². The van der Waals surface area contributed by atoms with Gasteiger partial charge in [0.15, 0.2) is 0 Å². The van der Waals surface area contributed by atoms with Crippen LogP contribution in [0.15, 0.2) is 23.1 Å². The van der Waals surface area contributed by atoms with Gasteiger partial charge in [0, 0.05) is 20.3 Å². The summed E-state index contributed by atoms with van der Waals surface area (Å²) in [4.78, 5) is 0.112. The number of primary sulfonamides is 1. The maximum Gasteiger partial charge on any atom is 0.238 e. The smallest absolute Gasteiger partial charge is 0.238 e. The highest BCUT2D eigenvalue weighted by atomic mass is 32.2. The first-order chi connectivity index (χ1) is 9.45. The molecule has 114 valence electrons. The molecule has 0 aliphatic carbocycles. The predicted molar refractivity (Wildman–Crippen MR) is 75.4 cm³/mol. The second-order valence-electron chi connectivity index (χ2n) is 4.28. The second kappa shape index (κ2) is 8.21. The summed E-state index contributed by atoms with van der Waals surface area (Å²) in [6, 6.07) is 4.67. The number of benzene rings is 1. The molecule has 1 aromatic carbocycles. The summed E-state index contributed by atoms with van der Waals surface area (Å²) in [6.07, 6.45) is 0.846. The van der Waals surface area contributed by atoms with Crippen LogP contribution in [0.5, 0.6) is 5.75 Å². The zero-order valence-corrected chi connectivity index (χ0v) is 12.6. The highest BCUT2D eigenvalue weighted by molar-refractivity contribution is 7.89. The Morgan fingerprint density at radius 2 is 1.90 bits per heavy atom. The molecule has 20 heavy (non-hydrogen) atoms. The van der Waals surface area contributed by atoms with Crippen LogP contribution in [-0.4, -0.2) is 42.0 Å². The summed E-state index contributed by atoms with van der Waals surface area (Å²) < 4.78 is 38.2. The van der Waals surface area contributed by atoms with Crippen molar-refractivity contribution < 1.29 is 22.6 Å². The summed E-state index contributed by atoms with van der Waals surface area (Å²) >= 11 is 0. The van der Waals surface area contributed by atoms with Gasteiger partial charge >= 0.3 is 0 Å². The van der Waals surface area contributed by atoms with Crippen molar-refractivity contribution in [3.05, 3.63) is 23.8 Å². The predicted octanol–water partition coefficient (Wildman–Crippen LogP) is 1.07. The van der Waals surface area contributed by atoms with E-state index in [4.69, 9.17) is 19.3 Å². The molecule has 7 heteroatoms. The number of methoxy groups -OCH3 is 1. The molecule has 0 aliphatic heterocycles. The maximum atomic E-state index is 11.3.